The van der Waals surface area contributed by atoms with Crippen molar-refractivity contribution in [3.63, 3.8) is 0 Å². The van der Waals surface area contributed by atoms with Crippen molar-refractivity contribution in [1.82, 2.24) is 0 Å². The van der Waals surface area contributed by atoms with Gasteiger partial charge in [-0.1, -0.05) is 23.8 Å². The molecule has 0 aromatic carbocycles. The van der Waals surface area contributed by atoms with Crippen LogP contribution in [-0.4, -0.2) is 19.8 Å². The van der Waals surface area contributed by atoms with Crippen molar-refractivity contribution < 1.29 is 0 Å². The van der Waals surface area contributed by atoms with Crippen LogP contribution in [-0.2, 0) is 0 Å². The molecule has 0 atom stereocenters. The van der Waals surface area contributed by atoms with Gasteiger partial charge in [-0.3, -0.25) is 0 Å². The minimum atomic E-state index is -0.549. The van der Waals surface area contributed by atoms with Gasteiger partial charge in [0.1, 0.15) is 0 Å². The summed E-state index contributed by atoms with van der Waals surface area (Å²) < 4.78 is 0. The molecule has 0 aromatic heterocycles. The monoisotopic (exact) mass is 153 g/mol. The first kappa shape index (κ1) is 8.00. The molecular formula is C8H14BS. The topological polar surface area (TPSA) is 0 Å². The molecule has 10 heavy (non-hydrogen) atoms. The van der Waals surface area contributed by atoms with Gasteiger partial charge in [0.2, 0.25) is 0 Å². The Balaban J connectivity index is 2.89. The van der Waals surface area contributed by atoms with Crippen molar-refractivity contribution in [2.75, 3.05) is 12.5 Å². The average molecular weight is 153 g/mol. The van der Waals surface area contributed by atoms with Crippen LogP contribution < -0.4 is 0 Å². The first-order chi connectivity index (χ1) is 4.59. The normalized spacial score (nSPS) is 25.2. The van der Waals surface area contributed by atoms with E-state index in [2.05, 4.69) is 45.7 Å². The summed E-state index contributed by atoms with van der Waals surface area (Å²) in [6.07, 6.45) is 9.17. The number of allylic oxidation sites excluding steroid dienone is 3. The smallest absolute Gasteiger partial charge is 0.155 e. The predicted molar refractivity (Wildman–Crippen MR) is 52.9 cm³/mol. The molecule has 0 unspecified atom stereocenters. The van der Waals surface area contributed by atoms with Crippen LogP contribution in [0.25, 0.3) is 0 Å². The van der Waals surface area contributed by atoms with Crippen LogP contribution in [0.5, 0.6) is 0 Å². The van der Waals surface area contributed by atoms with Gasteiger partial charge < -0.3 is 0 Å². The minimum absolute atomic E-state index is 0.549. The molecule has 0 N–H and O–H groups in total. The molecule has 55 valence electrons. The van der Waals surface area contributed by atoms with Crippen LogP contribution >= 0.6 is 10.0 Å². The van der Waals surface area contributed by atoms with E-state index in [1.165, 1.54) is 4.80 Å². The summed E-state index contributed by atoms with van der Waals surface area (Å²) in [5.74, 6) is 0. The number of rotatable bonds is 1. The zero-order chi connectivity index (χ0) is 7.78. The summed E-state index contributed by atoms with van der Waals surface area (Å²) in [5.41, 5.74) is 0. The highest BCUT2D eigenvalue weighted by Crippen LogP contribution is 2.58. The van der Waals surface area contributed by atoms with Gasteiger partial charge in [-0.25, -0.2) is 10.0 Å². The van der Waals surface area contributed by atoms with Crippen LogP contribution in [0.3, 0.4) is 0 Å². The largest absolute Gasteiger partial charge is 0.210 e. The third kappa shape index (κ3) is 1.05. The van der Waals surface area contributed by atoms with Gasteiger partial charge in [0.15, 0.2) is 7.28 Å². The summed E-state index contributed by atoms with van der Waals surface area (Å²) in [6.45, 7) is 4.34. The molecule has 1 rings (SSSR count). The van der Waals surface area contributed by atoms with E-state index in [9.17, 15) is 0 Å². The van der Waals surface area contributed by atoms with E-state index in [0.717, 1.165) is 0 Å². The minimum Gasteiger partial charge on any atom is -0.210 e. The summed E-state index contributed by atoms with van der Waals surface area (Å²) in [5, 5.41) is 0. The zero-order valence-electron chi connectivity index (χ0n) is 7.14. The molecule has 1 aliphatic rings. The Kier molecular flexibility index (Phi) is 2.00. The van der Waals surface area contributed by atoms with E-state index in [1.807, 2.05) is 0 Å². The van der Waals surface area contributed by atoms with Crippen molar-refractivity contribution >= 4 is 17.3 Å². The molecule has 0 aliphatic carbocycles. The van der Waals surface area contributed by atoms with E-state index in [0.29, 0.717) is 0 Å². The van der Waals surface area contributed by atoms with Crippen molar-refractivity contribution in [2.24, 2.45) is 0 Å². The number of hydrogen-bond donors (Lipinski definition) is 0. The van der Waals surface area contributed by atoms with Gasteiger partial charge in [-0.2, -0.15) is 0 Å². The van der Waals surface area contributed by atoms with Gasteiger partial charge in [0.05, 0.1) is 0 Å². The fourth-order valence-corrected chi connectivity index (χ4v) is 2.89. The quantitative estimate of drug-likeness (QED) is 0.508. The van der Waals surface area contributed by atoms with Crippen molar-refractivity contribution in [1.29, 1.82) is 0 Å². The second-order valence-corrected chi connectivity index (χ2v) is 6.73. The van der Waals surface area contributed by atoms with Gasteiger partial charge in [-0.15, -0.1) is 0 Å². The van der Waals surface area contributed by atoms with Crippen LogP contribution in [0.15, 0.2) is 21.9 Å². The molecule has 0 saturated carbocycles. The molecular weight excluding hydrogens is 139 g/mol. The highest BCUT2D eigenvalue weighted by Gasteiger charge is 2.21. The first-order valence-corrected chi connectivity index (χ1v) is 5.95. The lowest BCUT2D eigenvalue weighted by atomic mass is 9.82. The molecule has 0 saturated heterocycles. The molecule has 0 amide bonds. The molecule has 0 fully saturated rings. The van der Waals surface area contributed by atoms with E-state index in [1.54, 1.807) is 4.91 Å². The van der Waals surface area contributed by atoms with Crippen molar-refractivity contribution in [2.45, 2.75) is 13.7 Å². The highest BCUT2D eigenvalue weighted by molar-refractivity contribution is 8.39. The molecule has 0 spiro atoms. The van der Waals surface area contributed by atoms with E-state index in [-0.39, 0.29) is 0 Å². The second kappa shape index (κ2) is 2.50. The molecule has 1 aliphatic heterocycles. The SMILES string of the molecule is C[B]C1=CC=C(C)S1(C)C. The Morgan fingerprint density at radius 2 is 1.90 bits per heavy atom. The second-order valence-electron chi connectivity index (χ2n) is 2.96. The van der Waals surface area contributed by atoms with E-state index < -0.39 is 10.0 Å². The average Bonchev–Trinajstić information content (AvgIpc) is 2.10. The fourth-order valence-electron chi connectivity index (χ4n) is 1.12. The summed E-state index contributed by atoms with van der Waals surface area (Å²) in [4.78, 5) is 3.06. The Morgan fingerprint density at radius 3 is 2.10 bits per heavy atom. The van der Waals surface area contributed by atoms with Gasteiger partial charge in [-0.05, 0) is 24.3 Å². The summed E-state index contributed by atoms with van der Waals surface area (Å²) >= 11 is 0. The van der Waals surface area contributed by atoms with Gasteiger partial charge >= 0.3 is 0 Å². The lowest BCUT2D eigenvalue weighted by molar-refractivity contribution is 1.67. The maximum Gasteiger partial charge on any atom is 0.155 e. The maximum absolute atomic E-state index is 2.34. The van der Waals surface area contributed by atoms with Gasteiger partial charge in [0.25, 0.3) is 0 Å². The van der Waals surface area contributed by atoms with Crippen LogP contribution in [0.4, 0.5) is 0 Å². The zero-order valence-corrected chi connectivity index (χ0v) is 7.96. The van der Waals surface area contributed by atoms with Crippen molar-refractivity contribution in [3.8, 4) is 0 Å². The van der Waals surface area contributed by atoms with Crippen LogP contribution in [0.1, 0.15) is 6.92 Å². The summed E-state index contributed by atoms with van der Waals surface area (Å²) in [6, 6.07) is 0. The summed E-state index contributed by atoms with van der Waals surface area (Å²) in [7, 11) is 1.68. The Hall–Kier alpha value is -0.105. The lowest BCUT2D eigenvalue weighted by Gasteiger charge is -2.31. The van der Waals surface area contributed by atoms with Crippen LogP contribution in [0, 0.1) is 0 Å². The third-order valence-corrected chi connectivity index (χ3v) is 5.46. The molecule has 0 nitrogen and oxygen atoms in total. The molecule has 0 aromatic rings. The molecule has 0 bridgehead atoms. The fraction of sp³-hybridized carbons (Fsp3) is 0.500. The Morgan fingerprint density at radius 1 is 1.30 bits per heavy atom. The molecule has 1 heterocycles. The highest BCUT2D eigenvalue weighted by atomic mass is 32.3. The Labute approximate surface area is 66.0 Å². The van der Waals surface area contributed by atoms with E-state index >= 15 is 0 Å². The van der Waals surface area contributed by atoms with E-state index in [4.69, 9.17) is 0 Å². The van der Waals surface area contributed by atoms with Gasteiger partial charge in [0, 0.05) is 0 Å². The predicted octanol–water partition coefficient (Wildman–Crippen LogP) is 2.56. The lowest BCUT2D eigenvalue weighted by Crippen LogP contribution is -2.00. The first-order valence-electron chi connectivity index (χ1n) is 3.50. The van der Waals surface area contributed by atoms with Crippen LogP contribution in [0.2, 0.25) is 6.82 Å². The van der Waals surface area contributed by atoms with Crippen molar-refractivity contribution in [3.05, 3.63) is 21.9 Å². The molecule has 2 heteroatoms. The Bertz CT molecular complexity index is 201. The number of hydrogen-bond acceptors (Lipinski definition) is 0. The third-order valence-electron chi connectivity index (χ3n) is 2.16. The molecule has 1 radical (unpaired) electrons. The maximum atomic E-state index is 2.34. The standard InChI is InChI=1S/C8H14BS/c1-7-5-6-8(9-2)10(7,3)4/h5-6H,1-4H3.